The van der Waals surface area contributed by atoms with Gasteiger partial charge in [0.25, 0.3) is 0 Å². The lowest BCUT2D eigenvalue weighted by Crippen LogP contribution is -1.92. The van der Waals surface area contributed by atoms with Gasteiger partial charge in [-0.25, -0.2) is 0 Å². The number of carbonyl (C=O) groups excluding carboxylic acids is 2. The molecule has 4 heteroatoms. The number of benzene rings is 2. The maximum Gasteiger partial charge on any atom is 0.150 e. The summed E-state index contributed by atoms with van der Waals surface area (Å²) in [6, 6.07) is 11.7. The van der Waals surface area contributed by atoms with E-state index in [-0.39, 0.29) is 5.75 Å². The molecule has 0 spiro atoms. The lowest BCUT2D eigenvalue weighted by Gasteiger charge is -2.01. The first-order valence-electron chi connectivity index (χ1n) is 7.31. The van der Waals surface area contributed by atoms with Crippen LogP contribution < -0.4 is 4.74 Å². The quantitative estimate of drug-likeness (QED) is 0.618. The number of phenols is 1. The van der Waals surface area contributed by atoms with E-state index in [0.29, 0.717) is 24.2 Å². The topological polar surface area (TPSA) is 63.6 Å². The zero-order valence-corrected chi connectivity index (χ0v) is 13.4. The Morgan fingerprint density at radius 1 is 0.917 bits per heavy atom. The molecule has 0 saturated carbocycles. The molecule has 0 heterocycles. The fourth-order valence-corrected chi connectivity index (χ4v) is 1.80. The molecule has 0 saturated heterocycles. The van der Waals surface area contributed by atoms with Gasteiger partial charge in [0.15, 0.2) is 0 Å². The summed E-state index contributed by atoms with van der Waals surface area (Å²) < 4.78 is 5.22. The molecule has 0 radical (unpaired) electrons. The number of carbonyl (C=O) groups is 2. The maximum atomic E-state index is 10.4. The molecule has 2 aromatic carbocycles. The fraction of sp³-hybridized carbons (Fsp3) is 0.100. The normalized spacial score (nSPS) is 9.17. The van der Waals surface area contributed by atoms with Gasteiger partial charge in [0.2, 0.25) is 0 Å². The molecule has 0 unspecified atom stereocenters. The first kappa shape index (κ1) is 18.9. The molecular formula is C20H20O4. The number of hydrogen-bond acceptors (Lipinski definition) is 4. The highest BCUT2D eigenvalue weighted by atomic mass is 16.5. The number of phenolic OH excluding ortho intramolecular Hbond substituents is 1. The molecule has 0 aromatic heterocycles. The lowest BCUT2D eigenvalue weighted by atomic mass is 10.1. The van der Waals surface area contributed by atoms with Gasteiger partial charge in [0.1, 0.15) is 30.7 Å². The van der Waals surface area contributed by atoms with E-state index < -0.39 is 0 Å². The molecule has 0 bridgehead atoms. The van der Waals surface area contributed by atoms with Crippen molar-refractivity contribution in [3.63, 3.8) is 0 Å². The van der Waals surface area contributed by atoms with Gasteiger partial charge in [-0.05, 0) is 54.4 Å². The molecule has 0 atom stereocenters. The van der Waals surface area contributed by atoms with Crippen molar-refractivity contribution in [2.75, 3.05) is 6.61 Å². The van der Waals surface area contributed by atoms with Crippen LogP contribution in [0.5, 0.6) is 11.5 Å². The molecule has 4 nitrogen and oxygen atoms in total. The van der Waals surface area contributed by atoms with Crippen LogP contribution in [0, 0.1) is 0 Å². The third-order valence-corrected chi connectivity index (χ3v) is 2.99. The van der Waals surface area contributed by atoms with E-state index in [2.05, 4.69) is 13.2 Å². The number of ether oxygens (including phenoxy) is 1. The molecule has 0 amide bonds. The van der Waals surface area contributed by atoms with Crippen LogP contribution in [0.1, 0.15) is 26.3 Å². The van der Waals surface area contributed by atoms with Crippen LogP contribution in [0.3, 0.4) is 0 Å². The van der Waals surface area contributed by atoms with Crippen LogP contribution >= 0.6 is 0 Å². The smallest absolute Gasteiger partial charge is 0.150 e. The standard InChI is InChI=1S/2C10H10O2/c1-2-7-12-10-5-3-9(8-11)4-6-10;1-2-3-9-6-8(7-11)4-5-10(9)12/h2-6,8H,1,7H2;2,4-7,12H,1,3H2. The molecule has 0 aliphatic heterocycles. The Balaban J connectivity index is 0.000000240. The van der Waals surface area contributed by atoms with Crippen molar-refractivity contribution in [1.29, 1.82) is 0 Å². The molecule has 2 aromatic rings. The maximum absolute atomic E-state index is 10.4. The number of aldehydes is 2. The second-order valence-corrected chi connectivity index (χ2v) is 4.79. The average Bonchev–Trinajstić information content (AvgIpc) is 2.63. The largest absolute Gasteiger partial charge is 0.508 e. The van der Waals surface area contributed by atoms with Crippen molar-refractivity contribution in [3.8, 4) is 11.5 Å². The van der Waals surface area contributed by atoms with Crippen LogP contribution in [0.25, 0.3) is 0 Å². The minimum atomic E-state index is 0.209. The molecule has 1 N–H and O–H groups in total. The Labute approximate surface area is 141 Å². The van der Waals surface area contributed by atoms with E-state index in [4.69, 9.17) is 4.74 Å². The van der Waals surface area contributed by atoms with Crippen LogP contribution in [0.15, 0.2) is 67.8 Å². The minimum Gasteiger partial charge on any atom is -0.508 e. The zero-order chi connectivity index (χ0) is 17.8. The Hall–Kier alpha value is -3.14. The summed E-state index contributed by atoms with van der Waals surface area (Å²) in [4.78, 5) is 20.6. The van der Waals surface area contributed by atoms with Crippen molar-refractivity contribution in [2.24, 2.45) is 0 Å². The molecule has 0 aliphatic carbocycles. The second-order valence-electron chi connectivity index (χ2n) is 4.79. The SMILES string of the molecule is C=CCOc1ccc(C=O)cc1.C=CCc1cc(C=O)ccc1O. The average molecular weight is 324 g/mol. The van der Waals surface area contributed by atoms with Crippen molar-refractivity contribution in [3.05, 3.63) is 84.5 Å². The zero-order valence-electron chi connectivity index (χ0n) is 13.4. The van der Waals surface area contributed by atoms with Gasteiger partial charge in [-0.2, -0.15) is 0 Å². The van der Waals surface area contributed by atoms with Crippen LogP contribution in [0.2, 0.25) is 0 Å². The van der Waals surface area contributed by atoms with Gasteiger partial charge in [-0.1, -0.05) is 18.7 Å². The summed E-state index contributed by atoms with van der Waals surface area (Å²) in [6.07, 6.45) is 5.49. The highest BCUT2D eigenvalue weighted by Crippen LogP contribution is 2.18. The summed E-state index contributed by atoms with van der Waals surface area (Å²) in [5.74, 6) is 0.959. The molecule has 2 rings (SSSR count). The molecular weight excluding hydrogens is 304 g/mol. The third-order valence-electron chi connectivity index (χ3n) is 2.99. The van der Waals surface area contributed by atoms with E-state index in [1.54, 1.807) is 48.6 Å². The predicted octanol–water partition coefficient (Wildman–Crippen LogP) is 4.00. The van der Waals surface area contributed by atoms with Crippen LogP contribution in [0.4, 0.5) is 0 Å². The lowest BCUT2D eigenvalue weighted by molar-refractivity contribution is 0.111. The summed E-state index contributed by atoms with van der Waals surface area (Å²) in [7, 11) is 0. The Morgan fingerprint density at radius 2 is 1.54 bits per heavy atom. The van der Waals surface area contributed by atoms with Crippen molar-refractivity contribution >= 4 is 12.6 Å². The molecule has 124 valence electrons. The van der Waals surface area contributed by atoms with Crippen LogP contribution in [-0.2, 0) is 6.42 Å². The van der Waals surface area contributed by atoms with Gasteiger partial charge in [-0.3, -0.25) is 9.59 Å². The van der Waals surface area contributed by atoms with Gasteiger partial charge >= 0.3 is 0 Å². The Morgan fingerprint density at radius 3 is 2.08 bits per heavy atom. The highest BCUT2D eigenvalue weighted by Gasteiger charge is 1.99. The van der Waals surface area contributed by atoms with E-state index in [9.17, 15) is 14.7 Å². The first-order valence-corrected chi connectivity index (χ1v) is 7.31. The van der Waals surface area contributed by atoms with Crippen molar-refractivity contribution in [2.45, 2.75) is 6.42 Å². The van der Waals surface area contributed by atoms with E-state index >= 15 is 0 Å². The van der Waals surface area contributed by atoms with E-state index in [1.807, 2.05) is 0 Å². The second kappa shape index (κ2) is 10.6. The van der Waals surface area contributed by atoms with Crippen molar-refractivity contribution in [1.82, 2.24) is 0 Å². The first-order chi connectivity index (χ1) is 11.6. The van der Waals surface area contributed by atoms with Crippen LogP contribution in [-0.4, -0.2) is 24.3 Å². The highest BCUT2D eigenvalue weighted by molar-refractivity contribution is 5.75. The van der Waals surface area contributed by atoms with Gasteiger partial charge in [-0.15, -0.1) is 6.58 Å². The monoisotopic (exact) mass is 324 g/mol. The van der Waals surface area contributed by atoms with Gasteiger partial charge in [0, 0.05) is 11.1 Å². The Bertz CT molecular complexity index is 687. The Kier molecular flexibility index (Phi) is 8.32. The number of hydrogen-bond donors (Lipinski definition) is 1. The molecule has 24 heavy (non-hydrogen) atoms. The number of aromatic hydroxyl groups is 1. The van der Waals surface area contributed by atoms with Crippen molar-refractivity contribution < 1.29 is 19.4 Å². The summed E-state index contributed by atoms with van der Waals surface area (Å²) >= 11 is 0. The summed E-state index contributed by atoms with van der Waals surface area (Å²) in [6.45, 7) is 7.57. The number of rotatable bonds is 7. The van der Waals surface area contributed by atoms with Gasteiger partial charge < -0.3 is 9.84 Å². The van der Waals surface area contributed by atoms with E-state index in [0.717, 1.165) is 23.9 Å². The third kappa shape index (κ3) is 6.32. The molecule has 0 aliphatic rings. The minimum absolute atomic E-state index is 0.209. The predicted molar refractivity (Wildman–Crippen MR) is 94.9 cm³/mol. The molecule has 0 fully saturated rings. The summed E-state index contributed by atoms with van der Waals surface area (Å²) in [5, 5.41) is 9.30. The van der Waals surface area contributed by atoms with E-state index in [1.165, 1.54) is 6.07 Å². The number of allylic oxidation sites excluding steroid dienone is 1. The van der Waals surface area contributed by atoms with Gasteiger partial charge in [0.05, 0.1) is 0 Å². The summed E-state index contributed by atoms with van der Waals surface area (Å²) in [5.41, 5.74) is 1.96. The fourth-order valence-electron chi connectivity index (χ4n) is 1.80.